The lowest BCUT2D eigenvalue weighted by molar-refractivity contribution is 0.453. The Hall–Kier alpha value is -0.480. The summed E-state index contributed by atoms with van der Waals surface area (Å²) in [5.74, 6) is 0. The molecule has 1 aromatic rings. The summed E-state index contributed by atoms with van der Waals surface area (Å²) in [7, 11) is 0. The van der Waals surface area contributed by atoms with E-state index in [0.717, 1.165) is 18.3 Å². The van der Waals surface area contributed by atoms with Crippen LogP contribution in [0.25, 0.3) is 0 Å². The van der Waals surface area contributed by atoms with Gasteiger partial charge in [0.2, 0.25) is 0 Å². The number of aromatic nitrogens is 1. The van der Waals surface area contributed by atoms with Gasteiger partial charge in [-0.25, -0.2) is 4.98 Å². The van der Waals surface area contributed by atoms with E-state index in [4.69, 9.17) is 4.42 Å². The van der Waals surface area contributed by atoms with Crippen LogP contribution in [0.3, 0.4) is 0 Å². The molecule has 0 radical (unpaired) electrons. The van der Waals surface area contributed by atoms with Gasteiger partial charge in [0.1, 0.15) is 6.26 Å². The fraction of sp³-hybridized carbons (Fsp3) is 0.571. The monoisotopic (exact) mass is 170 g/mol. The van der Waals surface area contributed by atoms with E-state index >= 15 is 0 Å². The molecule has 0 spiro atoms. The van der Waals surface area contributed by atoms with Crippen LogP contribution < -0.4 is 5.32 Å². The van der Waals surface area contributed by atoms with Crippen molar-refractivity contribution in [3.05, 3.63) is 12.5 Å². The van der Waals surface area contributed by atoms with Crippen molar-refractivity contribution in [3.63, 3.8) is 0 Å². The second kappa shape index (κ2) is 3.28. The number of hydrogen-bond acceptors (Lipinski definition) is 4. The summed E-state index contributed by atoms with van der Waals surface area (Å²) in [5, 5.41) is 4.73. The second-order valence-corrected chi connectivity index (χ2v) is 3.78. The first-order chi connectivity index (χ1) is 5.45. The lowest BCUT2D eigenvalue weighted by atomic mass is 10.4. The summed E-state index contributed by atoms with van der Waals surface area (Å²) in [6, 6.07) is 0. The molecule has 0 bridgehead atoms. The van der Waals surface area contributed by atoms with Crippen molar-refractivity contribution >= 4 is 11.8 Å². The fourth-order valence-electron chi connectivity index (χ4n) is 1.14. The summed E-state index contributed by atoms with van der Waals surface area (Å²) < 4.78 is 5.12. The van der Waals surface area contributed by atoms with E-state index in [2.05, 4.69) is 10.3 Å². The zero-order valence-electron chi connectivity index (χ0n) is 6.12. The van der Waals surface area contributed by atoms with Gasteiger partial charge in [-0.15, -0.1) is 0 Å². The minimum atomic E-state index is 0.647. The smallest absolute Gasteiger partial charge is 0.255 e. The molecule has 11 heavy (non-hydrogen) atoms. The van der Waals surface area contributed by atoms with E-state index in [0.29, 0.717) is 5.25 Å². The van der Waals surface area contributed by atoms with Crippen LogP contribution in [0, 0.1) is 0 Å². The van der Waals surface area contributed by atoms with Crippen LogP contribution in [0.2, 0.25) is 0 Å². The Kier molecular flexibility index (Phi) is 2.14. The first-order valence-corrected chi connectivity index (χ1v) is 4.60. The van der Waals surface area contributed by atoms with Crippen LogP contribution in [-0.2, 0) is 0 Å². The average molecular weight is 170 g/mol. The summed E-state index contributed by atoms with van der Waals surface area (Å²) in [6.45, 7) is 2.20. The molecule has 1 atom stereocenters. The molecule has 1 aliphatic rings. The third-order valence-electron chi connectivity index (χ3n) is 1.69. The molecule has 0 aromatic carbocycles. The Bertz CT molecular complexity index is 206. The number of hydrogen-bond donors (Lipinski definition) is 1. The summed E-state index contributed by atoms with van der Waals surface area (Å²) in [6.07, 6.45) is 4.52. The molecule has 0 aliphatic carbocycles. The van der Waals surface area contributed by atoms with Crippen molar-refractivity contribution in [1.29, 1.82) is 0 Å². The van der Waals surface area contributed by atoms with Gasteiger partial charge in [0.05, 0.1) is 6.20 Å². The SMILES string of the molecule is c1coc(SC2CCNC2)n1. The van der Waals surface area contributed by atoms with Gasteiger partial charge in [-0.05, 0) is 13.0 Å². The Balaban J connectivity index is 1.90. The van der Waals surface area contributed by atoms with Gasteiger partial charge in [0, 0.05) is 11.8 Å². The van der Waals surface area contributed by atoms with Crippen molar-refractivity contribution in [1.82, 2.24) is 10.3 Å². The molecule has 4 heteroatoms. The van der Waals surface area contributed by atoms with Crippen molar-refractivity contribution < 1.29 is 4.42 Å². The lowest BCUT2D eigenvalue weighted by Crippen LogP contribution is -2.09. The molecule has 3 nitrogen and oxygen atoms in total. The highest BCUT2D eigenvalue weighted by atomic mass is 32.2. The molecule has 1 aliphatic heterocycles. The summed E-state index contributed by atoms with van der Waals surface area (Å²) in [4.78, 5) is 4.05. The number of thioether (sulfide) groups is 1. The fourth-order valence-corrected chi connectivity index (χ4v) is 2.09. The first-order valence-electron chi connectivity index (χ1n) is 3.72. The molecule has 0 amide bonds. The zero-order valence-corrected chi connectivity index (χ0v) is 6.93. The Morgan fingerprint density at radius 1 is 1.73 bits per heavy atom. The van der Waals surface area contributed by atoms with Crippen LogP contribution in [0.5, 0.6) is 0 Å². The maximum absolute atomic E-state index is 5.12. The topological polar surface area (TPSA) is 38.1 Å². The Morgan fingerprint density at radius 3 is 3.36 bits per heavy atom. The third-order valence-corrected chi connectivity index (χ3v) is 2.83. The number of nitrogens with zero attached hydrogens (tertiary/aromatic N) is 1. The van der Waals surface area contributed by atoms with Crippen LogP contribution >= 0.6 is 11.8 Å². The van der Waals surface area contributed by atoms with Gasteiger partial charge in [0.15, 0.2) is 0 Å². The van der Waals surface area contributed by atoms with E-state index in [-0.39, 0.29) is 0 Å². The van der Waals surface area contributed by atoms with Crippen molar-refractivity contribution in [3.8, 4) is 0 Å². The molecule has 1 aromatic heterocycles. The van der Waals surface area contributed by atoms with Gasteiger partial charge in [-0.1, -0.05) is 11.8 Å². The zero-order chi connectivity index (χ0) is 7.52. The summed E-state index contributed by atoms with van der Waals surface area (Å²) >= 11 is 1.72. The van der Waals surface area contributed by atoms with Crippen LogP contribution in [0.15, 0.2) is 22.1 Å². The highest BCUT2D eigenvalue weighted by Crippen LogP contribution is 2.24. The van der Waals surface area contributed by atoms with Crippen LogP contribution in [-0.4, -0.2) is 23.3 Å². The van der Waals surface area contributed by atoms with Crippen LogP contribution in [0.4, 0.5) is 0 Å². The van der Waals surface area contributed by atoms with Crippen molar-refractivity contribution in [2.75, 3.05) is 13.1 Å². The summed E-state index contributed by atoms with van der Waals surface area (Å²) in [5.41, 5.74) is 0. The van der Waals surface area contributed by atoms with E-state index in [1.54, 1.807) is 24.2 Å². The van der Waals surface area contributed by atoms with Gasteiger partial charge in [-0.3, -0.25) is 0 Å². The van der Waals surface area contributed by atoms with E-state index in [1.807, 2.05) is 0 Å². The highest BCUT2D eigenvalue weighted by Gasteiger charge is 2.17. The third kappa shape index (κ3) is 1.75. The van der Waals surface area contributed by atoms with E-state index in [1.165, 1.54) is 6.42 Å². The predicted octanol–water partition coefficient (Wildman–Crippen LogP) is 1.13. The first kappa shape index (κ1) is 7.18. The molecule has 1 fully saturated rings. The molecule has 0 saturated carbocycles. The highest BCUT2D eigenvalue weighted by molar-refractivity contribution is 7.99. The van der Waals surface area contributed by atoms with Crippen LogP contribution in [0.1, 0.15) is 6.42 Å². The Morgan fingerprint density at radius 2 is 2.73 bits per heavy atom. The molecular weight excluding hydrogens is 160 g/mol. The maximum Gasteiger partial charge on any atom is 0.255 e. The molecule has 1 saturated heterocycles. The van der Waals surface area contributed by atoms with Crippen molar-refractivity contribution in [2.24, 2.45) is 0 Å². The quantitative estimate of drug-likeness (QED) is 0.722. The number of rotatable bonds is 2. The maximum atomic E-state index is 5.12. The minimum Gasteiger partial charge on any atom is -0.440 e. The molecule has 60 valence electrons. The molecule has 1 unspecified atom stereocenters. The minimum absolute atomic E-state index is 0.647. The Labute approximate surface area is 69.6 Å². The lowest BCUT2D eigenvalue weighted by Gasteiger charge is -2.01. The second-order valence-electron chi connectivity index (χ2n) is 2.53. The largest absolute Gasteiger partial charge is 0.440 e. The van der Waals surface area contributed by atoms with Gasteiger partial charge >= 0.3 is 0 Å². The normalized spacial score (nSPS) is 24.2. The molecule has 2 rings (SSSR count). The van der Waals surface area contributed by atoms with E-state index in [9.17, 15) is 0 Å². The number of nitrogens with one attached hydrogen (secondary N) is 1. The van der Waals surface area contributed by atoms with Gasteiger partial charge in [0.25, 0.3) is 5.22 Å². The molecular formula is C7H10N2OS. The standard InChI is InChI=1S/C7H10N2OS/c1-2-8-5-6(1)11-7-9-3-4-10-7/h3-4,6,8H,1-2,5H2. The van der Waals surface area contributed by atoms with Gasteiger partial charge in [-0.2, -0.15) is 0 Å². The van der Waals surface area contributed by atoms with Gasteiger partial charge < -0.3 is 9.73 Å². The van der Waals surface area contributed by atoms with Crippen molar-refractivity contribution in [2.45, 2.75) is 16.9 Å². The number of oxazole rings is 1. The molecule has 2 heterocycles. The average Bonchev–Trinajstić information content (AvgIpc) is 2.60. The molecule has 1 N–H and O–H groups in total. The predicted molar refractivity (Wildman–Crippen MR) is 43.6 cm³/mol. The van der Waals surface area contributed by atoms with E-state index < -0.39 is 0 Å².